The third-order valence-corrected chi connectivity index (χ3v) is 5.78. The number of benzene rings is 1. The molecule has 1 aromatic carbocycles. The van der Waals surface area contributed by atoms with Crippen molar-refractivity contribution in [3.63, 3.8) is 0 Å². The van der Waals surface area contributed by atoms with Crippen LogP contribution in [-0.2, 0) is 33.3 Å². The van der Waals surface area contributed by atoms with Gasteiger partial charge < -0.3 is 34.7 Å². The summed E-state index contributed by atoms with van der Waals surface area (Å²) in [7, 11) is 0. The van der Waals surface area contributed by atoms with Gasteiger partial charge in [-0.05, 0) is 18.6 Å². The molecule has 0 spiro atoms. The molecule has 1 atom stereocenters. The maximum absolute atomic E-state index is 13.1. The Morgan fingerprint density at radius 2 is 1.39 bits per heavy atom. The van der Waals surface area contributed by atoms with Crippen LogP contribution in [0, 0.1) is 0 Å². The van der Waals surface area contributed by atoms with Crippen LogP contribution in [0.3, 0.4) is 0 Å². The molecule has 0 saturated carbocycles. The number of piperidine rings is 1. The quantitative estimate of drug-likeness (QED) is 0.155. The first-order valence-corrected chi connectivity index (χ1v) is 12.7. The van der Waals surface area contributed by atoms with Gasteiger partial charge in [-0.25, -0.2) is 0 Å². The van der Waals surface area contributed by atoms with Gasteiger partial charge in [0.1, 0.15) is 6.04 Å². The fourth-order valence-corrected chi connectivity index (χ4v) is 3.99. The fraction of sp³-hybridized carbons (Fsp3) is 0.600. The lowest BCUT2D eigenvalue weighted by Crippen LogP contribution is -2.54. The van der Waals surface area contributed by atoms with Crippen LogP contribution in [0.4, 0.5) is 5.69 Å². The van der Waals surface area contributed by atoms with Gasteiger partial charge in [-0.1, -0.05) is 6.07 Å². The van der Waals surface area contributed by atoms with Crippen molar-refractivity contribution in [2.45, 2.75) is 18.9 Å². The van der Waals surface area contributed by atoms with Crippen LogP contribution in [0.2, 0.25) is 0 Å². The summed E-state index contributed by atoms with van der Waals surface area (Å²) in [5.74, 6) is -2.14. The molecule has 3 rings (SSSR count). The molecule has 0 aromatic heterocycles. The Kier molecular flexibility index (Phi) is 12.6. The van der Waals surface area contributed by atoms with E-state index in [9.17, 15) is 19.2 Å². The van der Waals surface area contributed by atoms with Crippen molar-refractivity contribution in [1.82, 2.24) is 10.2 Å². The van der Waals surface area contributed by atoms with Gasteiger partial charge in [-0.15, -0.1) is 0 Å². The molecule has 2 heterocycles. The van der Waals surface area contributed by atoms with Crippen molar-refractivity contribution < 1.29 is 42.9 Å². The first-order chi connectivity index (χ1) is 18.5. The summed E-state index contributed by atoms with van der Waals surface area (Å²) in [5.41, 5.74) is 6.25. The number of nitrogens with one attached hydrogen (secondary N) is 2. The molecule has 1 fully saturated rings. The molecule has 4 amide bonds. The average molecular weight is 537 g/mol. The highest BCUT2D eigenvalue weighted by atomic mass is 16.6. The summed E-state index contributed by atoms with van der Waals surface area (Å²) in [5, 5.41) is 5.31. The van der Waals surface area contributed by atoms with Gasteiger partial charge in [0.05, 0.1) is 77.2 Å². The van der Waals surface area contributed by atoms with E-state index in [4.69, 9.17) is 29.4 Å². The maximum atomic E-state index is 13.1. The largest absolute Gasteiger partial charge is 0.382 e. The molecule has 210 valence electrons. The highest BCUT2D eigenvalue weighted by Gasteiger charge is 2.45. The Morgan fingerprint density at radius 3 is 1.97 bits per heavy atom. The molecule has 1 aromatic rings. The molecule has 13 nitrogen and oxygen atoms in total. The number of nitrogens with two attached hydrogens (primary N) is 1. The lowest BCUT2D eigenvalue weighted by Gasteiger charge is -2.27. The topological polar surface area (TPSA) is 168 Å². The van der Waals surface area contributed by atoms with E-state index in [1.807, 2.05) is 0 Å². The number of imide groups is 2. The highest BCUT2D eigenvalue weighted by Crippen LogP contribution is 2.32. The minimum Gasteiger partial charge on any atom is -0.382 e. The van der Waals surface area contributed by atoms with Crippen LogP contribution in [0.15, 0.2) is 18.2 Å². The minimum absolute atomic E-state index is 0.0738. The summed E-state index contributed by atoms with van der Waals surface area (Å²) < 4.78 is 27.0. The van der Waals surface area contributed by atoms with Gasteiger partial charge in [0.15, 0.2) is 0 Å². The molecule has 0 radical (unpaired) electrons. The lowest BCUT2D eigenvalue weighted by atomic mass is 10.0. The smallest absolute Gasteiger partial charge is 0.264 e. The zero-order chi connectivity index (χ0) is 27.2. The van der Waals surface area contributed by atoms with Crippen molar-refractivity contribution in [1.29, 1.82) is 0 Å². The Bertz CT molecular complexity index is 959. The number of hydrogen-bond donors (Lipinski definition) is 3. The monoisotopic (exact) mass is 536 g/mol. The third kappa shape index (κ3) is 8.55. The highest BCUT2D eigenvalue weighted by molar-refractivity contribution is 6.25. The van der Waals surface area contributed by atoms with Gasteiger partial charge in [0, 0.05) is 25.2 Å². The Labute approximate surface area is 221 Å². The summed E-state index contributed by atoms with van der Waals surface area (Å²) >= 11 is 0. The van der Waals surface area contributed by atoms with Crippen LogP contribution in [0.25, 0.3) is 0 Å². The number of nitrogens with zero attached hydrogens (tertiary/aromatic N) is 1. The number of amides is 4. The first-order valence-electron chi connectivity index (χ1n) is 12.7. The summed E-state index contributed by atoms with van der Waals surface area (Å²) in [6, 6.07) is 3.92. The maximum Gasteiger partial charge on any atom is 0.264 e. The fourth-order valence-electron chi connectivity index (χ4n) is 3.99. The number of anilines is 1. The van der Waals surface area contributed by atoms with E-state index in [1.54, 1.807) is 18.2 Å². The predicted octanol–water partition coefficient (Wildman–Crippen LogP) is -0.459. The van der Waals surface area contributed by atoms with Crippen molar-refractivity contribution in [2.75, 3.05) is 84.5 Å². The molecule has 2 aliphatic rings. The molecule has 1 unspecified atom stereocenters. The van der Waals surface area contributed by atoms with Crippen LogP contribution in [0.1, 0.15) is 33.6 Å². The van der Waals surface area contributed by atoms with Crippen molar-refractivity contribution in [2.24, 2.45) is 5.73 Å². The summed E-state index contributed by atoms with van der Waals surface area (Å²) in [4.78, 5) is 50.5. The molecule has 38 heavy (non-hydrogen) atoms. The van der Waals surface area contributed by atoms with E-state index in [0.29, 0.717) is 84.8 Å². The second-order valence-electron chi connectivity index (χ2n) is 8.45. The van der Waals surface area contributed by atoms with E-state index in [1.165, 1.54) is 0 Å². The number of ether oxygens (including phenoxy) is 5. The van der Waals surface area contributed by atoms with Crippen molar-refractivity contribution >= 4 is 29.3 Å². The number of carbonyl (C=O) groups excluding carboxylic acids is 4. The Balaban J connectivity index is 1.26. The van der Waals surface area contributed by atoms with Crippen LogP contribution in [-0.4, -0.2) is 114 Å². The number of fused-ring (bicyclic) bond motifs is 1. The van der Waals surface area contributed by atoms with Crippen molar-refractivity contribution in [3.8, 4) is 0 Å². The molecule has 1 saturated heterocycles. The van der Waals surface area contributed by atoms with Gasteiger partial charge in [0.2, 0.25) is 11.8 Å². The van der Waals surface area contributed by atoms with Crippen LogP contribution < -0.4 is 16.4 Å². The number of carbonyl (C=O) groups is 4. The average Bonchev–Trinajstić information content (AvgIpc) is 3.16. The van der Waals surface area contributed by atoms with E-state index in [-0.39, 0.29) is 24.0 Å². The van der Waals surface area contributed by atoms with Crippen LogP contribution >= 0.6 is 0 Å². The number of hydrogen-bond acceptors (Lipinski definition) is 11. The molecule has 0 aliphatic carbocycles. The van der Waals surface area contributed by atoms with E-state index < -0.39 is 29.7 Å². The molecule has 0 bridgehead atoms. The normalized spacial score (nSPS) is 17.2. The van der Waals surface area contributed by atoms with Crippen molar-refractivity contribution in [3.05, 3.63) is 29.3 Å². The Hall–Kier alpha value is -2.94. The third-order valence-electron chi connectivity index (χ3n) is 5.78. The standard InChI is InChI=1S/C25H36N4O9/c26-6-8-34-10-12-36-14-16-38-17-15-37-13-11-35-9-7-27-19-3-1-2-18-22(19)25(33)29(24(18)32)20-4-5-21(30)28-23(20)31/h1-3,20,27H,4-17,26H2,(H,28,30,31). The lowest BCUT2D eigenvalue weighted by molar-refractivity contribution is -0.136. The van der Waals surface area contributed by atoms with Crippen LogP contribution in [0.5, 0.6) is 0 Å². The predicted molar refractivity (Wildman–Crippen MR) is 135 cm³/mol. The molecule has 2 aliphatic heterocycles. The second-order valence-corrected chi connectivity index (χ2v) is 8.45. The van der Waals surface area contributed by atoms with Gasteiger partial charge >= 0.3 is 0 Å². The Morgan fingerprint density at radius 1 is 0.816 bits per heavy atom. The van der Waals surface area contributed by atoms with Gasteiger partial charge in [0.25, 0.3) is 11.8 Å². The second kappa shape index (κ2) is 16.1. The van der Waals surface area contributed by atoms with E-state index >= 15 is 0 Å². The number of rotatable bonds is 19. The summed E-state index contributed by atoms with van der Waals surface area (Å²) in [6.07, 6.45) is 0.186. The minimum atomic E-state index is -0.998. The first kappa shape index (κ1) is 29.6. The molecular formula is C25H36N4O9. The molecule has 4 N–H and O–H groups in total. The van der Waals surface area contributed by atoms with Gasteiger partial charge in [-0.3, -0.25) is 29.4 Å². The van der Waals surface area contributed by atoms with E-state index in [2.05, 4.69) is 10.6 Å². The molecule has 13 heteroatoms. The summed E-state index contributed by atoms with van der Waals surface area (Å²) in [6.45, 7) is 5.47. The SMILES string of the molecule is NCCOCCOCCOCCOCCOCCNc1cccc2c1C(=O)N(C1CCC(=O)NC1=O)C2=O. The zero-order valence-corrected chi connectivity index (χ0v) is 21.4. The van der Waals surface area contributed by atoms with E-state index in [0.717, 1.165) is 4.90 Å². The molecular weight excluding hydrogens is 500 g/mol. The van der Waals surface area contributed by atoms with Gasteiger partial charge in [-0.2, -0.15) is 0 Å². The zero-order valence-electron chi connectivity index (χ0n) is 21.4.